The van der Waals surface area contributed by atoms with Gasteiger partial charge in [-0.15, -0.1) is 0 Å². The van der Waals surface area contributed by atoms with E-state index >= 15 is 0 Å². The Balaban J connectivity index is 2.04. The van der Waals surface area contributed by atoms with E-state index in [-0.39, 0.29) is 27.2 Å². The number of benzene rings is 1. The van der Waals surface area contributed by atoms with Crippen molar-refractivity contribution in [2.75, 3.05) is 12.4 Å². The zero-order valence-corrected chi connectivity index (χ0v) is 13.5. The highest BCUT2D eigenvalue weighted by atomic mass is 35.5. The van der Waals surface area contributed by atoms with E-state index in [0.717, 1.165) is 25.7 Å². The fourth-order valence-corrected chi connectivity index (χ4v) is 3.38. The maximum Gasteiger partial charge on any atom is 0.226 e. The third-order valence-electron chi connectivity index (χ3n) is 4.14. The molecule has 6 heteroatoms. The molecule has 4 nitrogen and oxygen atoms in total. The normalized spacial score (nSPS) is 17.5. The molecule has 3 N–H and O–H groups in total. The van der Waals surface area contributed by atoms with Crippen molar-refractivity contribution in [3.05, 3.63) is 22.2 Å². The number of hydrogen-bond acceptors (Lipinski definition) is 3. The van der Waals surface area contributed by atoms with Crippen LogP contribution in [0.5, 0.6) is 5.75 Å². The van der Waals surface area contributed by atoms with Crippen LogP contribution in [0.15, 0.2) is 12.1 Å². The highest BCUT2D eigenvalue weighted by Crippen LogP contribution is 2.35. The molecule has 1 fully saturated rings. The summed E-state index contributed by atoms with van der Waals surface area (Å²) in [7, 11) is 1.91. The molecule has 0 radical (unpaired) electrons. The minimum atomic E-state index is -0.171. The van der Waals surface area contributed by atoms with Crippen molar-refractivity contribution in [3.8, 4) is 5.75 Å². The molecule has 0 atom stereocenters. The van der Waals surface area contributed by atoms with Crippen molar-refractivity contribution in [3.63, 3.8) is 0 Å². The number of aromatic hydroxyl groups is 1. The maximum atomic E-state index is 12.3. The first-order valence-electron chi connectivity index (χ1n) is 7.12. The Morgan fingerprint density at radius 2 is 1.81 bits per heavy atom. The summed E-state index contributed by atoms with van der Waals surface area (Å²) in [5.41, 5.74) is 0.377. The number of halogens is 2. The first-order valence-corrected chi connectivity index (χ1v) is 7.88. The quantitative estimate of drug-likeness (QED) is 0.732. The lowest BCUT2D eigenvalue weighted by molar-refractivity contribution is -0.117. The lowest BCUT2D eigenvalue weighted by Crippen LogP contribution is -2.47. The van der Waals surface area contributed by atoms with Crippen LogP contribution in [-0.2, 0) is 4.79 Å². The van der Waals surface area contributed by atoms with Crippen molar-refractivity contribution < 1.29 is 9.90 Å². The first kappa shape index (κ1) is 16.4. The Labute approximate surface area is 134 Å². The molecule has 0 aromatic heterocycles. The summed E-state index contributed by atoms with van der Waals surface area (Å²) in [6.45, 7) is 0. The second kappa shape index (κ2) is 6.86. The van der Waals surface area contributed by atoms with E-state index in [4.69, 9.17) is 23.2 Å². The summed E-state index contributed by atoms with van der Waals surface area (Å²) in [5.74, 6) is -0.251. The minimum Gasteiger partial charge on any atom is -0.505 e. The molecule has 1 aliphatic carbocycles. The van der Waals surface area contributed by atoms with E-state index < -0.39 is 0 Å². The van der Waals surface area contributed by atoms with Gasteiger partial charge < -0.3 is 15.7 Å². The van der Waals surface area contributed by atoms with Crippen LogP contribution in [-0.4, -0.2) is 23.6 Å². The highest BCUT2D eigenvalue weighted by molar-refractivity contribution is 6.37. The van der Waals surface area contributed by atoms with Crippen molar-refractivity contribution >= 4 is 34.8 Å². The lowest BCUT2D eigenvalue weighted by Gasteiger charge is -2.36. The van der Waals surface area contributed by atoms with Crippen LogP contribution in [0.3, 0.4) is 0 Å². The third kappa shape index (κ3) is 4.02. The number of rotatable bonds is 4. The summed E-state index contributed by atoms with van der Waals surface area (Å²) >= 11 is 11.7. The Morgan fingerprint density at radius 1 is 1.24 bits per heavy atom. The Kier molecular flexibility index (Phi) is 5.36. The lowest BCUT2D eigenvalue weighted by atomic mass is 9.79. The molecule has 2 rings (SSSR count). The molecule has 1 saturated carbocycles. The van der Waals surface area contributed by atoms with Gasteiger partial charge >= 0.3 is 0 Å². The molecule has 0 saturated heterocycles. The highest BCUT2D eigenvalue weighted by Gasteiger charge is 2.32. The number of phenols is 1. The van der Waals surface area contributed by atoms with Gasteiger partial charge in [-0.3, -0.25) is 4.79 Å². The van der Waals surface area contributed by atoms with Gasteiger partial charge in [0.25, 0.3) is 0 Å². The molecule has 116 valence electrons. The van der Waals surface area contributed by atoms with Gasteiger partial charge in [0.15, 0.2) is 5.75 Å². The largest absolute Gasteiger partial charge is 0.505 e. The Morgan fingerprint density at radius 3 is 2.33 bits per heavy atom. The predicted octanol–water partition coefficient (Wildman–Crippen LogP) is 3.95. The van der Waals surface area contributed by atoms with Gasteiger partial charge in [0, 0.05) is 17.6 Å². The van der Waals surface area contributed by atoms with Crippen LogP contribution >= 0.6 is 23.2 Å². The molecule has 21 heavy (non-hydrogen) atoms. The summed E-state index contributed by atoms with van der Waals surface area (Å²) in [6.07, 6.45) is 5.95. The SMILES string of the molecule is CNC1(CC(=O)Nc2cc(Cl)c(O)c(Cl)c2)CCCCC1. The van der Waals surface area contributed by atoms with E-state index in [1.165, 1.54) is 18.6 Å². The number of nitrogens with one attached hydrogen (secondary N) is 2. The first-order chi connectivity index (χ1) is 9.96. The van der Waals surface area contributed by atoms with E-state index in [1.807, 2.05) is 7.05 Å². The van der Waals surface area contributed by atoms with Crippen LogP contribution in [0.25, 0.3) is 0 Å². The number of anilines is 1. The van der Waals surface area contributed by atoms with Crippen molar-refractivity contribution in [1.29, 1.82) is 0 Å². The zero-order valence-electron chi connectivity index (χ0n) is 12.0. The number of hydrogen-bond donors (Lipinski definition) is 3. The topological polar surface area (TPSA) is 61.4 Å². The second-order valence-electron chi connectivity index (χ2n) is 5.60. The standard InChI is InChI=1S/C15H20Cl2N2O2/c1-18-15(5-3-2-4-6-15)9-13(20)19-10-7-11(16)14(21)12(17)8-10/h7-8,18,21H,2-6,9H2,1H3,(H,19,20). The molecule has 0 bridgehead atoms. The minimum absolute atomic E-state index is 0.0796. The molecule has 1 aromatic rings. The monoisotopic (exact) mass is 330 g/mol. The van der Waals surface area contributed by atoms with Crippen molar-refractivity contribution in [2.24, 2.45) is 0 Å². The van der Waals surface area contributed by atoms with E-state index in [0.29, 0.717) is 12.1 Å². The molecule has 1 aromatic carbocycles. The van der Waals surface area contributed by atoms with Gasteiger partial charge in [-0.25, -0.2) is 0 Å². The summed E-state index contributed by atoms with van der Waals surface area (Å²) in [6, 6.07) is 2.99. The maximum absolute atomic E-state index is 12.3. The van der Waals surface area contributed by atoms with Crippen molar-refractivity contribution in [1.82, 2.24) is 5.32 Å². The fraction of sp³-hybridized carbons (Fsp3) is 0.533. The van der Waals surface area contributed by atoms with Crippen LogP contribution in [0.4, 0.5) is 5.69 Å². The molecular weight excluding hydrogens is 311 g/mol. The summed E-state index contributed by atoms with van der Waals surface area (Å²) in [5, 5.41) is 15.9. The van der Waals surface area contributed by atoms with Gasteiger partial charge in [-0.05, 0) is 32.0 Å². The Bertz CT molecular complexity index is 505. The van der Waals surface area contributed by atoms with Gasteiger partial charge in [0.2, 0.25) is 5.91 Å². The van der Waals surface area contributed by atoms with Gasteiger partial charge in [-0.1, -0.05) is 42.5 Å². The zero-order chi connectivity index (χ0) is 15.5. The fourth-order valence-electron chi connectivity index (χ4n) is 2.89. The van der Waals surface area contributed by atoms with Crippen LogP contribution < -0.4 is 10.6 Å². The molecular formula is C15H20Cl2N2O2. The molecule has 1 aliphatic rings. The van der Waals surface area contributed by atoms with E-state index in [2.05, 4.69) is 10.6 Å². The van der Waals surface area contributed by atoms with Crippen LogP contribution in [0.1, 0.15) is 38.5 Å². The Hall–Kier alpha value is -0.970. The average Bonchev–Trinajstić information content (AvgIpc) is 2.45. The van der Waals surface area contributed by atoms with E-state index in [1.54, 1.807) is 0 Å². The van der Waals surface area contributed by atoms with Crippen LogP contribution in [0.2, 0.25) is 10.0 Å². The van der Waals surface area contributed by atoms with Gasteiger partial charge in [-0.2, -0.15) is 0 Å². The summed E-state index contributed by atoms with van der Waals surface area (Å²) < 4.78 is 0. The molecule has 0 aliphatic heterocycles. The van der Waals surface area contributed by atoms with Crippen molar-refractivity contribution in [2.45, 2.75) is 44.1 Å². The smallest absolute Gasteiger partial charge is 0.226 e. The summed E-state index contributed by atoms with van der Waals surface area (Å²) in [4.78, 5) is 12.3. The number of carbonyl (C=O) groups is 1. The second-order valence-corrected chi connectivity index (χ2v) is 6.42. The number of amides is 1. The molecule has 0 unspecified atom stereocenters. The molecule has 0 heterocycles. The number of phenolic OH excluding ortho intramolecular Hbond substituents is 1. The van der Waals surface area contributed by atoms with Crippen LogP contribution in [0, 0.1) is 0 Å². The molecule has 0 spiro atoms. The van der Waals surface area contributed by atoms with Gasteiger partial charge in [0.05, 0.1) is 10.0 Å². The predicted molar refractivity (Wildman–Crippen MR) is 86.2 cm³/mol. The van der Waals surface area contributed by atoms with Gasteiger partial charge in [0.1, 0.15) is 0 Å². The van der Waals surface area contributed by atoms with E-state index in [9.17, 15) is 9.90 Å². The molecule has 1 amide bonds. The average molecular weight is 331 g/mol. The number of carbonyl (C=O) groups excluding carboxylic acids is 1. The third-order valence-corrected chi connectivity index (χ3v) is 4.72.